The quantitative estimate of drug-likeness (QED) is 0.640. The molecule has 0 spiro atoms. The summed E-state index contributed by atoms with van der Waals surface area (Å²) in [4.78, 5) is 17.0. The third-order valence-corrected chi connectivity index (χ3v) is 4.12. The molecular formula is C18H29ClN3O3-. The lowest BCUT2D eigenvalue weighted by Crippen LogP contribution is -3.00. The summed E-state index contributed by atoms with van der Waals surface area (Å²) < 4.78 is 11.1. The van der Waals surface area contributed by atoms with Gasteiger partial charge < -0.3 is 32.1 Å². The van der Waals surface area contributed by atoms with Crippen LogP contribution in [0.25, 0.3) is 0 Å². The van der Waals surface area contributed by atoms with Gasteiger partial charge in [-0.1, -0.05) is 6.92 Å². The van der Waals surface area contributed by atoms with Crippen LogP contribution in [0.5, 0.6) is 11.5 Å². The van der Waals surface area contributed by atoms with E-state index in [1.165, 1.54) is 0 Å². The van der Waals surface area contributed by atoms with Crippen molar-refractivity contribution < 1.29 is 26.7 Å². The van der Waals surface area contributed by atoms with Gasteiger partial charge in [-0.3, -0.25) is 9.69 Å². The van der Waals surface area contributed by atoms with Crippen LogP contribution < -0.4 is 27.2 Å². The van der Waals surface area contributed by atoms with Gasteiger partial charge in [-0.05, 0) is 32.5 Å². The Kier molecular flexibility index (Phi) is 9.63. The van der Waals surface area contributed by atoms with Gasteiger partial charge >= 0.3 is 0 Å². The summed E-state index contributed by atoms with van der Waals surface area (Å²) in [7, 11) is 0. The van der Waals surface area contributed by atoms with Crippen molar-refractivity contribution in [3.05, 3.63) is 18.2 Å². The SMILES string of the molecule is CCOc1ccc(OCC)c(NC(=O)CN2CCN(CC)CC2)c1.[Cl-]. The van der Waals surface area contributed by atoms with Crippen molar-refractivity contribution in [3.63, 3.8) is 0 Å². The summed E-state index contributed by atoms with van der Waals surface area (Å²) in [5, 5.41) is 2.97. The van der Waals surface area contributed by atoms with Crippen LogP contribution in [0.15, 0.2) is 18.2 Å². The number of carbonyl (C=O) groups excluding carboxylic acids is 1. The zero-order valence-corrected chi connectivity index (χ0v) is 16.1. The van der Waals surface area contributed by atoms with Gasteiger partial charge in [-0.2, -0.15) is 0 Å². The molecule has 0 bridgehead atoms. The molecule has 0 saturated carbocycles. The molecule has 1 aliphatic rings. The lowest BCUT2D eigenvalue weighted by molar-refractivity contribution is -0.117. The van der Waals surface area contributed by atoms with Crippen LogP contribution in [0.3, 0.4) is 0 Å². The summed E-state index contributed by atoms with van der Waals surface area (Å²) in [5.74, 6) is 1.38. The predicted octanol–water partition coefficient (Wildman–Crippen LogP) is -0.936. The zero-order chi connectivity index (χ0) is 17.4. The standard InChI is InChI=1S/C18H29N3O3.ClH/c1-4-20-9-11-21(12-10-20)14-18(22)19-16-13-15(23-5-2)7-8-17(16)24-6-3;/h7-8,13H,4-6,9-12,14H2,1-3H3,(H,19,22);1H/p-1. The molecule has 1 heterocycles. The van der Waals surface area contributed by atoms with Crippen LogP contribution >= 0.6 is 0 Å². The Bertz CT molecular complexity index is 534. The Balaban J connectivity index is 0.00000312. The van der Waals surface area contributed by atoms with Gasteiger partial charge in [0.15, 0.2) is 0 Å². The van der Waals surface area contributed by atoms with E-state index >= 15 is 0 Å². The van der Waals surface area contributed by atoms with E-state index in [0.717, 1.165) is 38.5 Å². The van der Waals surface area contributed by atoms with Crippen molar-refractivity contribution in [1.29, 1.82) is 0 Å². The van der Waals surface area contributed by atoms with Crippen molar-refractivity contribution in [2.24, 2.45) is 0 Å². The van der Waals surface area contributed by atoms with E-state index < -0.39 is 0 Å². The second-order valence-corrected chi connectivity index (χ2v) is 5.78. The molecule has 25 heavy (non-hydrogen) atoms. The van der Waals surface area contributed by atoms with Crippen LogP contribution in [-0.4, -0.2) is 68.2 Å². The van der Waals surface area contributed by atoms with Crippen LogP contribution in [0.4, 0.5) is 5.69 Å². The van der Waals surface area contributed by atoms with Gasteiger partial charge in [-0.25, -0.2) is 0 Å². The average Bonchev–Trinajstić information content (AvgIpc) is 2.58. The number of benzene rings is 1. The summed E-state index contributed by atoms with van der Waals surface area (Å²) >= 11 is 0. The molecule has 6 nitrogen and oxygen atoms in total. The lowest BCUT2D eigenvalue weighted by Gasteiger charge is -2.33. The molecule has 1 amide bonds. The van der Waals surface area contributed by atoms with Crippen LogP contribution in [0.1, 0.15) is 20.8 Å². The molecular weight excluding hydrogens is 342 g/mol. The topological polar surface area (TPSA) is 54.0 Å². The first-order valence-electron chi connectivity index (χ1n) is 8.80. The highest BCUT2D eigenvalue weighted by atomic mass is 35.5. The molecule has 2 rings (SSSR count). The lowest BCUT2D eigenvalue weighted by atomic mass is 10.2. The first-order valence-corrected chi connectivity index (χ1v) is 8.80. The molecule has 1 saturated heterocycles. The van der Waals surface area contributed by atoms with Crippen molar-refractivity contribution in [3.8, 4) is 11.5 Å². The van der Waals surface area contributed by atoms with Gasteiger partial charge in [0.2, 0.25) is 5.91 Å². The minimum absolute atomic E-state index is 0. The number of carbonyl (C=O) groups is 1. The molecule has 0 radical (unpaired) electrons. The molecule has 0 unspecified atom stereocenters. The molecule has 142 valence electrons. The number of rotatable bonds is 8. The highest BCUT2D eigenvalue weighted by Gasteiger charge is 2.18. The fraction of sp³-hybridized carbons (Fsp3) is 0.611. The van der Waals surface area contributed by atoms with E-state index in [4.69, 9.17) is 9.47 Å². The van der Waals surface area contributed by atoms with E-state index in [9.17, 15) is 4.79 Å². The van der Waals surface area contributed by atoms with Crippen molar-refractivity contribution in [1.82, 2.24) is 9.80 Å². The fourth-order valence-corrected chi connectivity index (χ4v) is 2.80. The maximum Gasteiger partial charge on any atom is 0.238 e. The van der Waals surface area contributed by atoms with E-state index in [1.807, 2.05) is 32.0 Å². The van der Waals surface area contributed by atoms with Gasteiger partial charge in [0.05, 0.1) is 25.4 Å². The number of halogens is 1. The Morgan fingerprint density at radius 1 is 1.04 bits per heavy atom. The van der Waals surface area contributed by atoms with E-state index in [1.54, 1.807) is 0 Å². The number of likely N-dealkylation sites (N-methyl/N-ethyl adjacent to an activating group) is 1. The van der Waals surface area contributed by atoms with Crippen LogP contribution in [-0.2, 0) is 4.79 Å². The second kappa shape index (κ2) is 11.2. The summed E-state index contributed by atoms with van der Waals surface area (Å²) in [6.45, 7) is 12.5. The number of amides is 1. The molecule has 0 aromatic heterocycles. The smallest absolute Gasteiger partial charge is 0.238 e. The number of ether oxygens (including phenoxy) is 2. The fourth-order valence-electron chi connectivity index (χ4n) is 2.80. The first-order chi connectivity index (χ1) is 11.7. The zero-order valence-electron chi connectivity index (χ0n) is 15.4. The Labute approximate surface area is 156 Å². The van der Waals surface area contributed by atoms with Crippen molar-refractivity contribution in [2.45, 2.75) is 20.8 Å². The molecule has 0 atom stereocenters. The maximum atomic E-state index is 12.4. The summed E-state index contributed by atoms with van der Waals surface area (Å²) in [6, 6.07) is 5.51. The first kappa shape index (κ1) is 21.5. The van der Waals surface area contributed by atoms with Crippen molar-refractivity contribution in [2.75, 3.05) is 57.8 Å². The number of anilines is 1. The molecule has 1 N–H and O–H groups in total. The van der Waals surface area contributed by atoms with Gasteiger partial charge in [-0.15, -0.1) is 0 Å². The minimum atomic E-state index is -0.0189. The number of nitrogens with zero attached hydrogens (tertiary/aromatic N) is 2. The largest absolute Gasteiger partial charge is 1.00 e. The van der Waals surface area contributed by atoms with Gasteiger partial charge in [0.1, 0.15) is 11.5 Å². The molecule has 1 fully saturated rings. The highest BCUT2D eigenvalue weighted by molar-refractivity contribution is 5.94. The van der Waals surface area contributed by atoms with Gasteiger partial charge in [0, 0.05) is 32.2 Å². The van der Waals surface area contributed by atoms with Crippen molar-refractivity contribution >= 4 is 11.6 Å². The monoisotopic (exact) mass is 370 g/mol. The van der Waals surface area contributed by atoms with E-state index in [-0.39, 0.29) is 18.3 Å². The number of hydrogen-bond acceptors (Lipinski definition) is 5. The highest BCUT2D eigenvalue weighted by Crippen LogP contribution is 2.29. The number of nitrogens with one attached hydrogen (secondary N) is 1. The Morgan fingerprint density at radius 2 is 1.68 bits per heavy atom. The van der Waals surface area contributed by atoms with Gasteiger partial charge in [0.25, 0.3) is 0 Å². The molecule has 1 aliphatic heterocycles. The molecule has 1 aromatic rings. The Hall–Kier alpha value is -1.50. The summed E-state index contributed by atoms with van der Waals surface area (Å²) in [5.41, 5.74) is 0.667. The van der Waals surface area contributed by atoms with E-state index in [2.05, 4.69) is 22.0 Å². The number of hydrogen-bond donors (Lipinski definition) is 1. The normalized spacial score (nSPS) is 15.3. The predicted molar refractivity (Wildman–Crippen MR) is 96.0 cm³/mol. The molecule has 7 heteroatoms. The molecule has 1 aromatic carbocycles. The number of piperazine rings is 1. The summed E-state index contributed by atoms with van der Waals surface area (Å²) in [6.07, 6.45) is 0. The Morgan fingerprint density at radius 3 is 2.28 bits per heavy atom. The third kappa shape index (κ3) is 6.72. The van der Waals surface area contributed by atoms with Crippen LogP contribution in [0.2, 0.25) is 0 Å². The second-order valence-electron chi connectivity index (χ2n) is 5.78. The van der Waals surface area contributed by atoms with Crippen LogP contribution in [0, 0.1) is 0 Å². The van der Waals surface area contributed by atoms with E-state index in [0.29, 0.717) is 31.2 Å². The molecule has 0 aliphatic carbocycles. The maximum absolute atomic E-state index is 12.4. The third-order valence-electron chi connectivity index (χ3n) is 4.12. The average molecular weight is 371 g/mol. The minimum Gasteiger partial charge on any atom is -1.00 e.